The summed E-state index contributed by atoms with van der Waals surface area (Å²) in [5, 5.41) is 0. The lowest BCUT2D eigenvalue weighted by Gasteiger charge is -2.45. The molecule has 0 fully saturated rings. The standard InChI is InChI=1S/C44H36BF5N2/c1-43(2,3)26-17-19-36-29(23-26)45-30-24-27(44(4,5)6)18-20-37(30)52(42-34(49)15-10-16-35(42)50)39-22-25(28-11-7-8-12-31(28)46)21-38(40(39)45)51(36)41-32(47)13-9-14-33(41)48/h7-24H,1-6H3. The van der Waals surface area contributed by atoms with Gasteiger partial charge in [0.05, 0.1) is 0 Å². The van der Waals surface area contributed by atoms with E-state index in [0.29, 0.717) is 33.8 Å². The zero-order valence-electron chi connectivity index (χ0n) is 29.8. The minimum Gasteiger partial charge on any atom is -0.306 e. The van der Waals surface area contributed by atoms with Crippen molar-refractivity contribution in [2.24, 2.45) is 0 Å². The van der Waals surface area contributed by atoms with Crippen LogP contribution in [0.1, 0.15) is 52.7 Å². The van der Waals surface area contributed by atoms with Gasteiger partial charge in [0.2, 0.25) is 0 Å². The summed E-state index contributed by atoms with van der Waals surface area (Å²) in [6, 6.07) is 29.0. The number of para-hydroxylation sites is 2. The molecule has 52 heavy (non-hydrogen) atoms. The van der Waals surface area contributed by atoms with Gasteiger partial charge in [-0.3, -0.25) is 0 Å². The molecule has 0 amide bonds. The van der Waals surface area contributed by atoms with Crippen molar-refractivity contribution in [2.45, 2.75) is 52.4 Å². The van der Waals surface area contributed by atoms with E-state index in [1.54, 1.807) is 40.1 Å². The lowest BCUT2D eigenvalue weighted by atomic mass is 9.33. The van der Waals surface area contributed by atoms with Gasteiger partial charge in [-0.2, -0.15) is 0 Å². The summed E-state index contributed by atoms with van der Waals surface area (Å²) >= 11 is 0. The first-order chi connectivity index (χ1) is 24.6. The van der Waals surface area contributed by atoms with Gasteiger partial charge in [-0.05, 0) is 98.5 Å². The Morgan fingerprint density at radius 3 is 1.25 bits per heavy atom. The van der Waals surface area contributed by atoms with Crippen molar-refractivity contribution in [1.29, 1.82) is 0 Å². The van der Waals surface area contributed by atoms with Crippen LogP contribution >= 0.6 is 0 Å². The third-order valence-corrected chi connectivity index (χ3v) is 10.3. The van der Waals surface area contributed by atoms with Crippen LogP contribution in [0.2, 0.25) is 0 Å². The summed E-state index contributed by atoms with van der Waals surface area (Å²) in [6.07, 6.45) is 0. The van der Waals surface area contributed by atoms with E-state index in [1.165, 1.54) is 42.5 Å². The maximum Gasteiger partial charge on any atom is 0.252 e. The largest absolute Gasteiger partial charge is 0.306 e. The highest BCUT2D eigenvalue weighted by Gasteiger charge is 2.46. The van der Waals surface area contributed by atoms with Crippen molar-refractivity contribution in [3.05, 3.63) is 149 Å². The highest BCUT2D eigenvalue weighted by molar-refractivity contribution is 7.00. The molecule has 0 saturated heterocycles. The molecule has 6 aromatic rings. The second-order valence-electron chi connectivity index (χ2n) is 15.7. The molecule has 6 aromatic carbocycles. The minimum absolute atomic E-state index is 0.226. The molecule has 2 heterocycles. The Kier molecular flexibility index (Phi) is 7.69. The maximum atomic E-state index is 16.1. The van der Waals surface area contributed by atoms with Gasteiger partial charge in [-0.25, -0.2) is 22.0 Å². The van der Waals surface area contributed by atoms with E-state index in [0.717, 1.165) is 22.1 Å². The fourth-order valence-electron chi connectivity index (χ4n) is 7.68. The predicted molar refractivity (Wildman–Crippen MR) is 203 cm³/mol. The van der Waals surface area contributed by atoms with Crippen LogP contribution in [-0.2, 0) is 10.8 Å². The zero-order chi connectivity index (χ0) is 36.9. The molecule has 0 N–H and O–H groups in total. The van der Waals surface area contributed by atoms with Gasteiger partial charge in [0.25, 0.3) is 6.71 Å². The van der Waals surface area contributed by atoms with E-state index in [1.807, 2.05) is 24.3 Å². The van der Waals surface area contributed by atoms with Gasteiger partial charge in [0, 0.05) is 28.3 Å². The summed E-state index contributed by atoms with van der Waals surface area (Å²) in [5.41, 5.74) is 5.40. The predicted octanol–water partition coefficient (Wildman–Crippen LogP) is 10.7. The van der Waals surface area contributed by atoms with Crippen molar-refractivity contribution in [1.82, 2.24) is 0 Å². The van der Waals surface area contributed by atoms with Gasteiger partial charge >= 0.3 is 0 Å². The third kappa shape index (κ3) is 5.22. The molecule has 0 atom stereocenters. The first-order valence-corrected chi connectivity index (χ1v) is 17.3. The van der Waals surface area contributed by atoms with Gasteiger partial charge in [-0.1, -0.05) is 96.1 Å². The first-order valence-electron chi connectivity index (χ1n) is 17.3. The highest BCUT2D eigenvalue weighted by atomic mass is 19.1. The summed E-state index contributed by atoms with van der Waals surface area (Å²) in [7, 11) is 0. The maximum absolute atomic E-state index is 16.1. The van der Waals surface area contributed by atoms with Gasteiger partial charge in [-0.15, -0.1) is 0 Å². The third-order valence-electron chi connectivity index (χ3n) is 10.3. The van der Waals surface area contributed by atoms with Gasteiger partial charge in [0.1, 0.15) is 40.5 Å². The fraction of sp³-hybridized carbons (Fsp3) is 0.182. The number of hydrogen-bond donors (Lipinski definition) is 0. The van der Waals surface area contributed by atoms with Crippen LogP contribution in [0.15, 0.2) is 109 Å². The Morgan fingerprint density at radius 2 is 0.846 bits per heavy atom. The summed E-state index contributed by atoms with van der Waals surface area (Å²) in [4.78, 5) is 3.08. The van der Waals surface area contributed by atoms with Crippen molar-refractivity contribution in [2.75, 3.05) is 9.80 Å². The van der Waals surface area contributed by atoms with Crippen molar-refractivity contribution >= 4 is 57.2 Å². The number of anilines is 6. The number of fused-ring (bicyclic) bond motifs is 4. The Hall–Kier alpha value is -5.37. The van der Waals surface area contributed by atoms with Crippen LogP contribution in [0.4, 0.5) is 56.1 Å². The molecule has 0 saturated carbocycles. The summed E-state index contributed by atoms with van der Waals surface area (Å²) in [6.45, 7) is 12.1. The van der Waals surface area contributed by atoms with E-state index in [4.69, 9.17) is 0 Å². The van der Waals surface area contributed by atoms with Crippen molar-refractivity contribution < 1.29 is 22.0 Å². The van der Waals surface area contributed by atoms with Crippen molar-refractivity contribution in [3.8, 4) is 11.1 Å². The molecule has 0 spiro atoms. The Bertz CT molecular complexity index is 2240. The van der Waals surface area contributed by atoms with E-state index in [9.17, 15) is 0 Å². The van der Waals surface area contributed by atoms with Gasteiger partial charge < -0.3 is 9.80 Å². The lowest BCUT2D eigenvalue weighted by molar-refractivity contribution is 0.585. The second kappa shape index (κ2) is 11.8. The number of hydrogen-bond acceptors (Lipinski definition) is 2. The molecule has 0 bridgehead atoms. The number of nitrogens with zero attached hydrogens (tertiary/aromatic N) is 2. The lowest BCUT2D eigenvalue weighted by Crippen LogP contribution is -2.62. The highest BCUT2D eigenvalue weighted by Crippen LogP contribution is 2.48. The molecule has 0 aliphatic carbocycles. The number of rotatable bonds is 3. The van der Waals surface area contributed by atoms with E-state index in [-0.39, 0.29) is 27.8 Å². The molecule has 8 heteroatoms. The van der Waals surface area contributed by atoms with Crippen LogP contribution in [0.5, 0.6) is 0 Å². The fourth-order valence-corrected chi connectivity index (χ4v) is 7.68. The van der Waals surface area contributed by atoms with Gasteiger partial charge in [0.15, 0.2) is 0 Å². The van der Waals surface area contributed by atoms with E-state index >= 15 is 22.0 Å². The summed E-state index contributed by atoms with van der Waals surface area (Å²) < 4.78 is 80.0. The molecule has 260 valence electrons. The Morgan fingerprint density at radius 1 is 0.442 bits per heavy atom. The van der Waals surface area contributed by atoms with Crippen LogP contribution in [0, 0.1) is 29.1 Å². The van der Waals surface area contributed by atoms with Crippen LogP contribution in [0.25, 0.3) is 11.1 Å². The van der Waals surface area contributed by atoms with Crippen LogP contribution in [-0.4, -0.2) is 6.71 Å². The first kappa shape index (κ1) is 33.8. The van der Waals surface area contributed by atoms with Crippen LogP contribution < -0.4 is 26.2 Å². The summed E-state index contributed by atoms with van der Waals surface area (Å²) in [5.74, 6) is -3.69. The molecule has 2 aliphatic heterocycles. The number of halogens is 5. The molecule has 0 unspecified atom stereocenters. The topological polar surface area (TPSA) is 6.48 Å². The number of benzene rings is 6. The molecule has 2 aliphatic rings. The molecule has 0 radical (unpaired) electrons. The molecular formula is C44H36BF5N2. The molecule has 0 aromatic heterocycles. The average Bonchev–Trinajstić information content (AvgIpc) is 3.08. The van der Waals surface area contributed by atoms with Crippen LogP contribution in [0.3, 0.4) is 0 Å². The molecule has 2 nitrogen and oxygen atoms in total. The smallest absolute Gasteiger partial charge is 0.252 e. The Balaban J connectivity index is 1.59. The second-order valence-corrected chi connectivity index (χ2v) is 15.7. The van der Waals surface area contributed by atoms with Crippen molar-refractivity contribution in [3.63, 3.8) is 0 Å². The average molecular weight is 699 g/mol. The normalized spacial score (nSPS) is 13.6. The SMILES string of the molecule is CC(C)(C)c1ccc2c(c1)B1c3cc(C(C)(C)C)ccc3N(c3c(F)cccc3F)c3cc(-c4ccccc4F)cc(c31)N2c1c(F)cccc1F. The zero-order valence-corrected chi connectivity index (χ0v) is 29.8. The minimum atomic E-state index is -0.794. The van der Waals surface area contributed by atoms with E-state index < -0.39 is 35.8 Å². The monoisotopic (exact) mass is 698 g/mol. The van der Waals surface area contributed by atoms with E-state index in [2.05, 4.69) is 53.7 Å². The quantitative estimate of drug-likeness (QED) is 0.134. The molecule has 8 rings (SSSR count). The Labute approximate surface area is 301 Å². The molecular weight excluding hydrogens is 662 g/mol.